The summed E-state index contributed by atoms with van der Waals surface area (Å²) < 4.78 is 0. The highest BCUT2D eigenvalue weighted by Gasteiger charge is 2.17. The van der Waals surface area contributed by atoms with Crippen LogP contribution >= 0.6 is 11.6 Å². The molecule has 1 aliphatic heterocycles. The average molecular weight is 405 g/mol. The van der Waals surface area contributed by atoms with Crippen LogP contribution in [0, 0.1) is 6.92 Å². The number of aryl methyl sites for hydroxylation is 1. The number of aliphatic carboxylic acids is 2. The molecule has 0 aliphatic carbocycles. The summed E-state index contributed by atoms with van der Waals surface area (Å²) in [5, 5.41) is 15.6. The van der Waals surface area contributed by atoms with Crippen molar-refractivity contribution < 1.29 is 19.8 Å². The van der Waals surface area contributed by atoms with Gasteiger partial charge < -0.3 is 10.2 Å². The Balaban J connectivity index is 0.000000409. The van der Waals surface area contributed by atoms with Gasteiger partial charge in [0, 0.05) is 44.3 Å². The molecule has 0 atom stereocenters. The van der Waals surface area contributed by atoms with Crippen LogP contribution in [0.1, 0.15) is 16.7 Å². The van der Waals surface area contributed by atoms with Crippen molar-refractivity contribution in [1.82, 2.24) is 9.80 Å². The third kappa shape index (κ3) is 7.31. The molecule has 1 saturated heterocycles. The Labute approximate surface area is 170 Å². The van der Waals surface area contributed by atoms with E-state index in [-0.39, 0.29) is 0 Å². The van der Waals surface area contributed by atoms with E-state index in [1.54, 1.807) is 0 Å². The van der Waals surface area contributed by atoms with Gasteiger partial charge in [0.25, 0.3) is 0 Å². The van der Waals surface area contributed by atoms with Crippen molar-refractivity contribution in [3.63, 3.8) is 0 Å². The number of carboxylic acid groups (broad SMARTS) is 2. The molecule has 7 heteroatoms. The summed E-state index contributed by atoms with van der Waals surface area (Å²) in [6.07, 6.45) is 0. The lowest BCUT2D eigenvalue weighted by atomic mass is 10.1. The van der Waals surface area contributed by atoms with Gasteiger partial charge in [-0.1, -0.05) is 48.0 Å². The van der Waals surface area contributed by atoms with E-state index in [0.29, 0.717) is 0 Å². The molecule has 1 fully saturated rings. The Morgan fingerprint density at radius 1 is 0.857 bits per heavy atom. The Bertz CT molecular complexity index is 775. The molecule has 150 valence electrons. The fourth-order valence-corrected chi connectivity index (χ4v) is 3.11. The van der Waals surface area contributed by atoms with E-state index in [1.165, 1.54) is 16.7 Å². The van der Waals surface area contributed by atoms with Crippen LogP contribution in [0.3, 0.4) is 0 Å². The van der Waals surface area contributed by atoms with Crippen LogP contribution in [-0.2, 0) is 22.7 Å². The van der Waals surface area contributed by atoms with Crippen molar-refractivity contribution in [2.45, 2.75) is 20.0 Å². The minimum Gasteiger partial charge on any atom is -0.473 e. The van der Waals surface area contributed by atoms with E-state index in [2.05, 4.69) is 53.1 Å². The molecule has 3 rings (SSSR count). The first-order valence-corrected chi connectivity index (χ1v) is 9.43. The number of hydrogen-bond acceptors (Lipinski definition) is 4. The van der Waals surface area contributed by atoms with Crippen LogP contribution in [0.5, 0.6) is 0 Å². The van der Waals surface area contributed by atoms with Gasteiger partial charge >= 0.3 is 11.9 Å². The molecule has 0 radical (unpaired) electrons. The zero-order chi connectivity index (χ0) is 20.5. The lowest BCUT2D eigenvalue weighted by Gasteiger charge is -2.35. The number of carboxylic acids is 2. The largest absolute Gasteiger partial charge is 0.473 e. The van der Waals surface area contributed by atoms with Crippen LogP contribution in [0.2, 0.25) is 5.02 Å². The number of piperazine rings is 1. The first-order chi connectivity index (χ1) is 13.3. The van der Waals surface area contributed by atoms with E-state index in [9.17, 15) is 0 Å². The molecule has 28 heavy (non-hydrogen) atoms. The first kappa shape index (κ1) is 21.9. The zero-order valence-electron chi connectivity index (χ0n) is 15.8. The third-order valence-electron chi connectivity index (χ3n) is 4.62. The molecular weight excluding hydrogens is 380 g/mol. The molecule has 1 aliphatic rings. The molecule has 0 unspecified atom stereocenters. The Morgan fingerprint density at radius 3 is 1.86 bits per heavy atom. The average Bonchev–Trinajstić information content (AvgIpc) is 2.67. The van der Waals surface area contributed by atoms with Crippen molar-refractivity contribution in [2.24, 2.45) is 0 Å². The summed E-state index contributed by atoms with van der Waals surface area (Å²) in [5.74, 6) is -3.65. The molecule has 0 bridgehead atoms. The van der Waals surface area contributed by atoms with Crippen LogP contribution in [0.25, 0.3) is 0 Å². The maximum Gasteiger partial charge on any atom is 0.414 e. The summed E-state index contributed by atoms with van der Waals surface area (Å²) in [5.41, 5.74) is 4.19. The van der Waals surface area contributed by atoms with Gasteiger partial charge in [0.15, 0.2) is 0 Å². The highest BCUT2D eigenvalue weighted by molar-refractivity contribution is 6.30. The predicted molar refractivity (Wildman–Crippen MR) is 108 cm³/mol. The fourth-order valence-electron chi connectivity index (χ4n) is 2.98. The SMILES string of the molecule is Cc1ccccc1CN1CCN(Cc2ccc(Cl)cc2)CC1.O=C(O)C(=O)O. The number of halogens is 1. The normalized spacial score (nSPS) is 14.8. The second-order valence-electron chi connectivity index (χ2n) is 6.72. The standard InChI is InChI=1S/C19H23ClN2.C2H2O4/c1-16-4-2-3-5-18(16)15-22-12-10-21(11-13-22)14-17-6-8-19(20)9-7-17;3-1(4)2(5)6/h2-9H,10-15H2,1H3;(H,3,4)(H,5,6). The predicted octanol–water partition coefficient (Wildman–Crippen LogP) is 3.12. The molecule has 6 nitrogen and oxygen atoms in total. The van der Waals surface area contributed by atoms with Crippen molar-refractivity contribution in [3.8, 4) is 0 Å². The fraction of sp³-hybridized carbons (Fsp3) is 0.333. The van der Waals surface area contributed by atoms with Gasteiger partial charge in [-0.05, 0) is 35.7 Å². The van der Waals surface area contributed by atoms with Crippen molar-refractivity contribution >= 4 is 23.5 Å². The minimum absolute atomic E-state index is 0.812. The molecule has 0 saturated carbocycles. The Hall–Kier alpha value is -2.41. The molecular formula is C21H25ClN2O4. The molecule has 2 N–H and O–H groups in total. The Morgan fingerprint density at radius 2 is 1.36 bits per heavy atom. The highest BCUT2D eigenvalue weighted by Crippen LogP contribution is 2.15. The van der Waals surface area contributed by atoms with Gasteiger partial charge in [-0.3, -0.25) is 9.80 Å². The van der Waals surface area contributed by atoms with Crippen LogP contribution < -0.4 is 0 Å². The zero-order valence-corrected chi connectivity index (χ0v) is 16.6. The van der Waals surface area contributed by atoms with E-state index >= 15 is 0 Å². The quantitative estimate of drug-likeness (QED) is 0.762. The molecule has 0 aromatic heterocycles. The van der Waals surface area contributed by atoms with Gasteiger partial charge in [-0.2, -0.15) is 0 Å². The second-order valence-corrected chi connectivity index (χ2v) is 7.15. The Kier molecular flexibility index (Phi) is 8.44. The number of benzene rings is 2. The van der Waals surface area contributed by atoms with E-state index < -0.39 is 11.9 Å². The van der Waals surface area contributed by atoms with Crippen molar-refractivity contribution in [3.05, 3.63) is 70.2 Å². The lowest BCUT2D eigenvalue weighted by Crippen LogP contribution is -2.45. The van der Waals surface area contributed by atoms with Gasteiger partial charge in [0.1, 0.15) is 0 Å². The van der Waals surface area contributed by atoms with Gasteiger partial charge in [0.05, 0.1) is 0 Å². The maximum absolute atomic E-state index is 9.10. The summed E-state index contributed by atoms with van der Waals surface area (Å²) in [6, 6.07) is 16.9. The first-order valence-electron chi connectivity index (χ1n) is 9.05. The van der Waals surface area contributed by atoms with Gasteiger partial charge in [-0.25, -0.2) is 9.59 Å². The minimum atomic E-state index is -1.82. The van der Waals surface area contributed by atoms with Crippen molar-refractivity contribution in [1.29, 1.82) is 0 Å². The number of hydrogen-bond donors (Lipinski definition) is 2. The number of rotatable bonds is 4. The molecule has 0 spiro atoms. The third-order valence-corrected chi connectivity index (χ3v) is 4.87. The number of nitrogens with zero attached hydrogens (tertiary/aromatic N) is 2. The molecule has 2 aromatic carbocycles. The van der Waals surface area contributed by atoms with E-state index in [1.807, 2.05) is 12.1 Å². The summed E-state index contributed by atoms with van der Waals surface area (Å²) in [4.78, 5) is 23.3. The van der Waals surface area contributed by atoms with E-state index in [0.717, 1.165) is 44.3 Å². The second kappa shape index (κ2) is 10.8. The topological polar surface area (TPSA) is 81.1 Å². The summed E-state index contributed by atoms with van der Waals surface area (Å²) >= 11 is 5.94. The van der Waals surface area contributed by atoms with Crippen LogP contribution in [0.4, 0.5) is 0 Å². The highest BCUT2D eigenvalue weighted by atomic mass is 35.5. The molecule has 1 heterocycles. The summed E-state index contributed by atoms with van der Waals surface area (Å²) in [6.45, 7) is 8.84. The summed E-state index contributed by atoms with van der Waals surface area (Å²) in [7, 11) is 0. The van der Waals surface area contributed by atoms with Gasteiger partial charge in [-0.15, -0.1) is 0 Å². The number of carbonyl (C=O) groups is 2. The molecule has 0 amide bonds. The smallest absolute Gasteiger partial charge is 0.414 e. The van der Waals surface area contributed by atoms with E-state index in [4.69, 9.17) is 31.4 Å². The monoisotopic (exact) mass is 404 g/mol. The maximum atomic E-state index is 9.10. The molecule has 2 aromatic rings. The van der Waals surface area contributed by atoms with Crippen LogP contribution in [-0.4, -0.2) is 58.1 Å². The van der Waals surface area contributed by atoms with Crippen molar-refractivity contribution in [2.75, 3.05) is 26.2 Å². The lowest BCUT2D eigenvalue weighted by molar-refractivity contribution is -0.159. The van der Waals surface area contributed by atoms with Crippen LogP contribution in [0.15, 0.2) is 48.5 Å². The van der Waals surface area contributed by atoms with Gasteiger partial charge in [0.2, 0.25) is 0 Å².